The molecule has 1 amide bonds. The Morgan fingerprint density at radius 1 is 1.19 bits per heavy atom. The van der Waals surface area contributed by atoms with Gasteiger partial charge in [0.05, 0.1) is 5.69 Å². The molecule has 1 aliphatic heterocycles. The molecule has 0 aliphatic carbocycles. The molecule has 0 saturated carbocycles. The Morgan fingerprint density at radius 3 is 2.33 bits per heavy atom. The molecule has 1 atom stereocenters. The lowest BCUT2D eigenvalue weighted by Gasteiger charge is -2.27. The molecule has 0 radical (unpaired) electrons. The van der Waals surface area contributed by atoms with E-state index in [1.165, 1.54) is 26.9 Å². The number of carbonyl (C=O) groups is 1. The molecule has 27 heavy (non-hydrogen) atoms. The van der Waals surface area contributed by atoms with E-state index in [-0.39, 0.29) is 12.5 Å². The number of amides is 1. The molecule has 1 heterocycles. The molecule has 1 aromatic rings. The third kappa shape index (κ3) is 5.92. The number of carbonyl (C=O) groups excluding carboxylic acids is 1. The first kappa shape index (κ1) is 21.7. The van der Waals surface area contributed by atoms with Gasteiger partial charge in [0.25, 0.3) is 0 Å². The summed E-state index contributed by atoms with van der Waals surface area (Å²) in [6.45, 7) is 6.66. The van der Waals surface area contributed by atoms with E-state index in [2.05, 4.69) is 17.1 Å². The molecule has 1 saturated heterocycles. The molecule has 2 rings (SSSR count). The van der Waals surface area contributed by atoms with Gasteiger partial charge < -0.3 is 10.2 Å². The first-order chi connectivity index (χ1) is 12.7. The lowest BCUT2D eigenvalue weighted by molar-refractivity contribution is -0.119. The second kappa shape index (κ2) is 9.52. The Kier molecular flexibility index (Phi) is 7.64. The summed E-state index contributed by atoms with van der Waals surface area (Å²) in [5.74, 6) is -0.297. The molecular weight excluding hydrogens is 364 g/mol. The van der Waals surface area contributed by atoms with Crippen LogP contribution in [0.4, 0.5) is 5.69 Å². The topological polar surface area (TPSA) is 73.0 Å². The molecule has 0 spiro atoms. The van der Waals surface area contributed by atoms with Gasteiger partial charge in [0.1, 0.15) is 6.54 Å². The van der Waals surface area contributed by atoms with Crippen LogP contribution in [0.2, 0.25) is 0 Å². The van der Waals surface area contributed by atoms with E-state index in [0.717, 1.165) is 33.7 Å². The van der Waals surface area contributed by atoms with E-state index in [0.29, 0.717) is 18.3 Å². The molecule has 1 aromatic carbocycles. The normalized spacial score (nSPS) is 16.5. The summed E-state index contributed by atoms with van der Waals surface area (Å²) >= 11 is 0. The van der Waals surface area contributed by atoms with Crippen molar-refractivity contribution in [1.29, 1.82) is 0 Å². The van der Waals surface area contributed by atoms with Gasteiger partial charge in [-0.15, -0.1) is 0 Å². The van der Waals surface area contributed by atoms with Crippen molar-refractivity contribution in [1.82, 2.24) is 14.5 Å². The number of rotatable bonds is 9. The van der Waals surface area contributed by atoms with E-state index in [1.807, 2.05) is 19.1 Å². The highest BCUT2D eigenvalue weighted by molar-refractivity contribution is 7.90. The van der Waals surface area contributed by atoms with Gasteiger partial charge in [-0.05, 0) is 58.3 Å². The van der Waals surface area contributed by atoms with Gasteiger partial charge in [-0.1, -0.05) is 17.7 Å². The van der Waals surface area contributed by atoms with E-state index >= 15 is 0 Å². The van der Waals surface area contributed by atoms with E-state index in [1.54, 1.807) is 12.1 Å². The standard InChI is InChI=1S/C19H32N4O3S/c1-16-7-9-18(10-8-16)23(27(25,26)21(3)4)15-19(24)20-12-11-17(2)22-13-5-6-14-22/h7-10,17H,5-6,11-15H2,1-4H3,(H,20,24). The van der Waals surface area contributed by atoms with Crippen molar-refractivity contribution in [2.75, 3.05) is 44.6 Å². The van der Waals surface area contributed by atoms with Gasteiger partial charge in [0.15, 0.2) is 0 Å². The summed E-state index contributed by atoms with van der Waals surface area (Å²) in [4.78, 5) is 14.8. The Labute approximate surface area is 163 Å². The molecule has 1 aliphatic rings. The number of benzene rings is 1. The molecular formula is C19H32N4O3S. The monoisotopic (exact) mass is 396 g/mol. The molecule has 0 aromatic heterocycles. The number of nitrogens with one attached hydrogen (secondary N) is 1. The van der Waals surface area contributed by atoms with Crippen molar-refractivity contribution in [2.45, 2.75) is 39.2 Å². The summed E-state index contributed by atoms with van der Waals surface area (Å²) in [5.41, 5.74) is 1.51. The van der Waals surface area contributed by atoms with Crippen molar-refractivity contribution >= 4 is 21.8 Å². The van der Waals surface area contributed by atoms with Gasteiger partial charge in [-0.2, -0.15) is 12.7 Å². The summed E-state index contributed by atoms with van der Waals surface area (Å²) in [6, 6.07) is 7.54. The fourth-order valence-corrected chi connectivity index (χ4v) is 4.25. The van der Waals surface area contributed by atoms with Crippen LogP contribution in [0.5, 0.6) is 0 Å². The lowest BCUT2D eigenvalue weighted by atomic mass is 10.2. The van der Waals surface area contributed by atoms with E-state index in [9.17, 15) is 13.2 Å². The summed E-state index contributed by atoms with van der Waals surface area (Å²) in [7, 11) is -0.828. The highest BCUT2D eigenvalue weighted by Crippen LogP contribution is 2.20. The minimum Gasteiger partial charge on any atom is -0.354 e. The van der Waals surface area contributed by atoms with Crippen LogP contribution in [0.1, 0.15) is 31.7 Å². The third-order valence-corrected chi connectivity index (χ3v) is 6.82. The Morgan fingerprint density at radius 2 is 1.78 bits per heavy atom. The van der Waals surface area contributed by atoms with Gasteiger partial charge in [-0.3, -0.25) is 4.79 Å². The first-order valence-electron chi connectivity index (χ1n) is 9.49. The fourth-order valence-electron chi connectivity index (χ4n) is 3.19. The average molecular weight is 397 g/mol. The van der Waals surface area contributed by atoms with Crippen LogP contribution in [0, 0.1) is 6.92 Å². The van der Waals surface area contributed by atoms with Crippen LogP contribution in [0.3, 0.4) is 0 Å². The summed E-state index contributed by atoms with van der Waals surface area (Å²) < 4.78 is 27.6. The largest absolute Gasteiger partial charge is 0.354 e. The van der Waals surface area contributed by atoms with Gasteiger partial charge in [0.2, 0.25) is 5.91 Å². The van der Waals surface area contributed by atoms with E-state index in [4.69, 9.17) is 0 Å². The van der Waals surface area contributed by atoms with Crippen molar-refractivity contribution in [3.8, 4) is 0 Å². The number of hydrogen-bond acceptors (Lipinski definition) is 4. The first-order valence-corrected chi connectivity index (χ1v) is 10.9. The molecule has 8 heteroatoms. The van der Waals surface area contributed by atoms with Crippen LogP contribution in [-0.2, 0) is 15.0 Å². The number of likely N-dealkylation sites (tertiary alicyclic amines) is 1. The second-order valence-electron chi connectivity index (χ2n) is 7.36. The molecule has 0 bridgehead atoms. The summed E-state index contributed by atoms with van der Waals surface area (Å²) in [5, 5.41) is 2.87. The molecule has 152 valence electrons. The van der Waals surface area contributed by atoms with Crippen molar-refractivity contribution in [3.63, 3.8) is 0 Å². The van der Waals surface area contributed by atoms with Gasteiger partial charge in [-0.25, -0.2) is 4.31 Å². The Balaban J connectivity index is 1.97. The predicted octanol–water partition coefficient (Wildman–Crippen LogP) is 1.60. The zero-order valence-corrected chi connectivity index (χ0v) is 17.6. The fraction of sp³-hybridized carbons (Fsp3) is 0.632. The summed E-state index contributed by atoms with van der Waals surface area (Å²) in [6.07, 6.45) is 3.34. The van der Waals surface area contributed by atoms with Crippen LogP contribution in [0.25, 0.3) is 0 Å². The van der Waals surface area contributed by atoms with E-state index < -0.39 is 10.2 Å². The molecule has 1 fully saturated rings. The zero-order valence-electron chi connectivity index (χ0n) is 16.8. The number of anilines is 1. The molecule has 7 nitrogen and oxygen atoms in total. The van der Waals surface area contributed by atoms with Crippen LogP contribution in [-0.4, -0.2) is 69.8 Å². The number of nitrogens with zero attached hydrogens (tertiary/aromatic N) is 3. The van der Waals surface area contributed by atoms with Crippen LogP contribution < -0.4 is 9.62 Å². The smallest absolute Gasteiger partial charge is 0.304 e. The predicted molar refractivity (Wildman–Crippen MR) is 109 cm³/mol. The zero-order chi connectivity index (χ0) is 20.0. The molecule has 1 unspecified atom stereocenters. The lowest BCUT2D eigenvalue weighted by Crippen LogP contribution is -2.46. The van der Waals surface area contributed by atoms with Crippen LogP contribution in [0.15, 0.2) is 24.3 Å². The van der Waals surface area contributed by atoms with Crippen LogP contribution >= 0.6 is 0 Å². The Hall–Kier alpha value is -1.64. The highest BCUT2D eigenvalue weighted by Gasteiger charge is 2.27. The van der Waals surface area contributed by atoms with Crippen molar-refractivity contribution in [2.24, 2.45) is 0 Å². The number of hydrogen-bond donors (Lipinski definition) is 1. The van der Waals surface area contributed by atoms with Gasteiger partial charge in [0, 0.05) is 26.7 Å². The quantitative estimate of drug-likeness (QED) is 0.688. The third-order valence-electron chi connectivity index (χ3n) is 5.00. The Bertz CT molecular complexity index is 713. The minimum absolute atomic E-state index is 0.234. The van der Waals surface area contributed by atoms with Crippen molar-refractivity contribution < 1.29 is 13.2 Å². The molecule has 1 N–H and O–H groups in total. The maximum absolute atomic E-state index is 12.7. The SMILES string of the molecule is Cc1ccc(N(CC(=O)NCCC(C)N2CCCC2)S(=O)(=O)N(C)C)cc1. The second-order valence-corrected chi connectivity index (χ2v) is 9.43. The van der Waals surface area contributed by atoms with Crippen molar-refractivity contribution in [3.05, 3.63) is 29.8 Å². The van der Waals surface area contributed by atoms with Gasteiger partial charge >= 0.3 is 10.2 Å². The number of aryl methyl sites for hydroxylation is 1. The highest BCUT2D eigenvalue weighted by atomic mass is 32.2. The maximum Gasteiger partial charge on any atom is 0.304 e. The maximum atomic E-state index is 12.7. The minimum atomic E-state index is -3.76. The average Bonchev–Trinajstić information content (AvgIpc) is 3.15.